The standard InChI is InChI=1S/C41H25N5S/c1-3-7-25(8-4-1)40-43-24-44-41(45-40)28-14-17-35-34(20-28)38-36(46(35)31-9-5-2-6-10-31)18-16-33-32-15-13-27(21-37(32)47-39(33)38)26-11-12-29-22-42-23-30(29)19-26/h1-22,24H,23H2. The van der Waals surface area contributed by atoms with Gasteiger partial charge in [0.15, 0.2) is 11.6 Å². The van der Waals surface area contributed by atoms with Gasteiger partial charge in [0.2, 0.25) is 0 Å². The van der Waals surface area contributed by atoms with Gasteiger partial charge in [-0.1, -0.05) is 78.9 Å². The average Bonchev–Trinajstić information content (AvgIpc) is 3.85. The molecule has 0 bridgehead atoms. The van der Waals surface area contributed by atoms with E-state index in [0.29, 0.717) is 11.6 Å². The summed E-state index contributed by atoms with van der Waals surface area (Å²) < 4.78 is 4.94. The quantitative estimate of drug-likeness (QED) is 0.197. The first-order valence-electron chi connectivity index (χ1n) is 15.7. The summed E-state index contributed by atoms with van der Waals surface area (Å²) in [7, 11) is 0. The van der Waals surface area contributed by atoms with Gasteiger partial charge < -0.3 is 4.57 Å². The van der Waals surface area contributed by atoms with E-state index in [9.17, 15) is 0 Å². The number of rotatable bonds is 4. The van der Waals surface area contributed by atoms with Crippen molar-refractivity contribution in [2.45, 2.75) is 6.54 Å². The molecule has 0 saturated heterocycles. The van der Waals surface area contributed by atoms with Crippen molar-refractivity contribution in [2.24, 2.45) is 4.99 Å². The molecule has 5 nitrogen and oxygen atoms in total. The second-order valence-electron chi connectivity index (χ2n) is 11.9. The van der Waals surface area contributed by atoms with Crippen LogP contribution in [0.5, 0.6) is 0 Å². The van der Waals surface area contributed by atoms with E-state index in [2.05, 4.69) is 117 Å². The molecule has 220 valence electrons. The first kappa shape index (κ1) is 26.3. The third-order valence-corrected chi connectivity index (χ3v) is 10.4. The van der Waals surface area contributed by atoms with Crippen molar-refractivity contribution in [1.29, 1.82) is 0 Å². The van der Waals surface area contributed by atoms with Gasteiger partial charge in [0, 0.05) is 54.0 Å². The van der Waals surface area contributed by atoms with Crippen LogP contribution in [0.1, 0.15) is 11.1 Å². The summed E-state index contributed by atoms with van der Waals surface area (Å²) in [6.45, 7) is 0.762. The molecule has 0 aliphatic carbocycles. The molecule has 0 N–H and O–H groups in total. The van der Waals surface area contributed by atoms with Gasteiger partial charge in [0.1, 0.15) is 6.33 Å². The van der Waals surface area contributed by atoms with E-state index >= 15 is 0 Å². The maximum absolute atomic E-state index is 4.89. The Bertz CT molecular complexity index is 2710. The van der Waals surface area contributed by atoms with E-state index < -0.39 is 0 Å². The monoisotopic (exact) mass is 619 g/mol. The van der Waals surface area contributed by atoms with E-state index in [-0.39, 0.29) is 0 Å². The number of para-hydroxylation sites is 1. The summed E-state index contributed by atoms with van der Waals surface area (Å²) in [5.41, 5.74) is 10.4. The van der Waals surface area contributed by atoms with E-state index in [0.717, 1.165) is 28.9 Å². The number of hydrogen-bond donors (Lipinski definition) is 0. The van der Waals surface area contributed by atoms with Gasteiger partial charge in [-0.05, 0) is 70.8 Å². The van der Waals surface area contributed by atoms with Crippen LogP contribution in [-0.2, 0) is 6.54 Å². The lowest BCUT2D eigenvalue weighted by atomic mass is 9.99. The Balaban J connectivity index is 1.21. The smallest absolute Gasteiger partial charge is 0.163 e. The Labute approximate surface area is 274 Å². The highest BCUT2D eigenvalue weighted by Crippen LogP contribution is 2.45. The Morgan fingerprint density at radius 3 is 2.17 bits per heavy atom. The van der Waals surface area contributed by atoms with Gasteiger partial charge in [0.05, 0.1) is 17.6 Å². The molecule has 0 amide bonds. The van der Waals surface area contributed by atoms with Crippen LogP contribution in [0.4, 0.5) is 0 Å². The summed E-state index contributed by atoms with van der Waals surface area (Å²) >= 11 is 1.87. The molecule has 1 aliphatic rings. The number of aliphatic imine (C=N–C) groups is 1. The Morgan fingerprint density at radius 1 is 0.574 bits per heavy atom. The number of aromatic nitrogens is 4. The summed E-state index contributed by atoms with van der Waals surface area (Å²) in [5, 5.41) is 4.98. The zero-order chi connectivity index (χ0) is 30.9. The molecule has 0 fully saturated rings. The van der Waals surface area contributed by atoms with E-state index in [1.807, 2.05) is 47.9 Å². The maximum atomic E-state index is 4.89. The molecule has 0 spiro atoms. The van der Waals surface area contributed by atoms with Crippen LogP contribution in [0.15, 0.2) is 139 Å². The zero-order valence-electron chi connectivity index (χ0n) is 25.1. The summed E-state index contributed by atoms with van der Waals surface area (Å²) in [6, 6.07) is 45.4. The molecule has 0 unspecified atom stereocenters. The third kappa shape index (κ3) is 4.15. The molecule has 6 heteroatoms. The SMILES string of the molecule is C1=NCc2cc(-c3ccc4c(c3)sc3c4ccc4c3c3cc(-c5ncnc(-c6ccccc6)n5)ccc3n4-c3ccccc3)ccc21. The van der Waals surface area contributed by atoms with Gasteiger partial charge in [0.25, 0.3) is 0 Å². The van der Waals surface area contributed by atoms with Gasteiger partial charge >= 0.3 is 0 Å². The van der Waals surface area contributed by atoms with Crippen LogP contribution >= 0.6 is 11.3 Å². The topological polar surface area (TPSA) is 56.0 Å². The fraction of sp³-hybridized carbons (Fsp3) is 0.0244. The molecular weight excluding hydrogens is 595 g/mol. The lowest BCUT2D eigenvalue weighted by Gasteiger charge is -2.08. The molecule has 0 atom stereocenters. The molecule has 1 aliphatic heterocycles. The van der Waals surface area contributed by atoms with Crippen molar-refractivity contribution in [3.8, 4) is 39.6 Å². The van der Waals surface area contributed by atoms with Gasteiger partial charge in [-0.25, -0.2) is 15.0 Å². The lowest BCUT2D eigenvalue weighted by Crippen LogP contribution is -1.95. The molecule has 4 heterocycles. The first-order chi connectivity index (χ1) is 23.3. The minimum atomic E-state index is 0.661. The normalized spacial score (nSPS) is 12.5. The van der Waals surface area contributed by atoms with E-state index in [4.69, 9.17) is 4.98 Å². The van der Waals surface area contributed by atoms with Crippen molar-refractivity contribution in [2.75, 3.05) is 0 Å². The average molecular weight is 620 g/mol. The Hall–Kier alpha value is -5.98. The van der Waals surface area contributed by atoms with Crippen LogP contribution < -0.4 is 0 Å². The fourth-order valence-corrected chi connectivity index (χ4v) is 8.26. The number of fused-ring (bicyclic) bond motifs is 8. The molecule has 6 aromatic carbocycles. The second kappa shape index (κ2) is 10.3. The molecule has 0 saturated carbocycles. The van der Waals surface area contributed by atoms with Crippen LogP contribution in [0.3, 0.4) is 0 Å². The van der Waals surface area contributed by atoms with Crippen LogP contribution in [0, 0.1) is 0 Å². The van der Waals surface area contributed by atoms with Crippen molar-refractivity contribution in [1.82, 2.24) is 19.5 Å². The summed E-state index contributed by atoms with van der Waals surface area (Å²) in [5.74, 6) is 1.33. The third-order valence-electron chi connectivity index (χ3n) is 9.21. The van der Waals surface area contributed by atoms with Crippen molar-refractivity contribution in [3.05, 3.63) is 145 Å². The van der Waals surface area contributed by atoms with Gasteiger partial charge in [-0.15, -0.1) is 11.3 Å². The molecule has 0 radical (unpaired) electrons. The molecule has 47 heavy (non-hydrogen) atoms. The molecule has 3 aromatic heterocycles. The fourth-order valence-electron chi connectivity index (χ4n) is 6.96. The highest BCUT2D eigenvalue weighted by Gasteiger charge is 2.19. The first-order valence-corrected chi connectivity index (χ1v) is 16.5. The highest BCUT2D eigenvalue weighted by molar-refractivity contribution is 7.26. The number of thiophene rings is 1. The minimum Gasteiger partial charge on any atom is -0.309 e. The Morgan fingerprint density at radius 2 is 1.30 bits per heavy atom. The van der Waals surface area contributed by atoms with Crippen LogP contribution in [0.25, 0.3) is 81.6 Å². The largest absolute Gasteiger partial charge is 0.309 e. The van der Waals surface area contributed by atoms with Crippen LogP contribution in [-0.4, -0.2) is 25.7 Å². The molecular formula is C41H25N5S. The van der Waals surface area contributed by atoms with E-state index in [1.54, 1.807) is 6.33 Å². The van der Waals surface area contributed by atoms with Crippen molar-refractivity contribution in [3.63, 3.8) is 0 Å². The summed E-state index contributed by atoms with van der Waals surface area (Å²) in [6.07, 6.45) is 3.58. The minimum absolute atomic E-state index is 0.661. The predicted molar refractivity (Wildman–Crippen MR) is 195 cm³/mol. The van der Waals surface area contributed by atoms with Gasteiger partial charge in [-0.2, -0.15) is 0 Å². The van der Waals surface area contributed by atoms with Crippen molar-refractivity contribution >= 4 is 59.5 Å². The number of benzene rings is 6. The maximum Gasteiger partial charge on any atom is 0.163 e. The highest BCUT2D eigenvalue weighted by atomic mass is 32.1. The predicted octanol–water partition coefficient (Wildman–Crippen LogP) is 10.3. The van der Waals surface area contributed by atoms with Crippen molar-refractivity contribution < 1.29 is 0 Å². The Kier molecular flexibility index (Phi) is 5.74. The van der Waals surface area contributed by atoms with E-state index in [1.165, 1.54) is 58.7 Å². The lowest BCUT2D eigenvalue weighted by molar-refractivity contribution is 1.07. The second-order valence-corrected chi connectivity index (χ2v) is 13.0. The summed E-state index contributed by atoms with van der Waals surface area (Å²) in [4.78, 5) is 18.4. The van der Waals surface area contributed by atoms with Gasteiger partial charge in [-0.3, -0.25) is 4.99 Å². The van der Waals surface area contributed by atoms with Crippen LogP contribution in [0.2, 0.25) is 0 Å². The number of nitrogens with zero attached hydrogens (tertiary/aromatic N) is 5. The molecule has 10 rings (SSSR count). The zero-order valence-corrected chi connectivity index (χ0v) is 25.9. The number of hydrogen-bond acceptors (Lipinski definition) is 5. The molecule has 9 aromatic rings.